The van der Waals surface area contributed by atoms with Gasteiger partial charge in [0.25, 0.3) is 0 Å². The Hall–Kier alpha value is -1.55. The van der Waals surface area contributed by atoms with Gasteiger partial charge in [-0.3, -0.25) is 4.79 Å². The zero-order valence-electron chi connectivity index (χ0n) is 12.4. The minimum Gasteiger partial charge on any atom is -0.486 e. The summed E-state index contributed by atoms with van der Waals surface area (Å²) in [5.74, 6) is 0.978. The molecule has 1 heterocycles. The number of amides is 1. The summed E-state index contributed by atoms with van der Waals surface area (Å²) in [5, 5.41) is 0. The summed E-state index contributed by atoms with van der Waals surface area (Å²) < 4.78 is 5.96. The summed E-state index contributed by atoms with van der Waals surface area (Å²) in [7, 11) is 0. The molecule has 1 amide bonds. The van der Waals surface area contributed by atoms with Gasteiger partial charge in [0.05, 0.1) is 12.2 Å². The molecule has 4 nitrogen and oxygen atoms in total. The highest BCUT2D eigenvalue weighted by atomic mass is 16.5. The third-order valence-corrected chi connectivity index (χ3v) is 3.73. The van der Waals surface area contributed by atoms with Crippen molar-refractivity contribution in [3.05, 3.63) is 23.8 Å². The van der Waals surface area contributed by atoms with E-state index in [1.165, 1.54) is 0 Å². The Bertz CT molecular complexity index is 474. The van der Waals surface area contributed by atoms with Gasteiger partial charge in [0.15, 0.2) is 0 Å². The first-order chi connectivity index (χ1) is 9.69. The number of benzene rings is 1. The highest BCUT2D eigenvalue weighted by Gasteiger charge is 2.28. The van der Waals surface area contributed by atoms with Crippen molar-refractivity contribution < 1.29 is 9.53 Å². The first-order valence-electron chi connectivity index (χ1n) is 7.49. The average molecular weight is 276 g/mol. The molecule has 20 heavy (non-hydrogen) atoms. The zero-order chi connectivity index (χ0) is 14.5. The second-order valence-electron chi connectivity index (χ2n) is 5.26. The molecular weight excluding hydrogens is 252 g/mol. The van der Waals surface area contributed by atoms with Crippen molar-refractivity contribution in [2.45, 2.75) is 52.2 Å². The predicted molar refractivity (Wildman–Crippen MR) is 80.9 cm³/mol. The molecule has 0 saturated carbocycles. The number of hydrogen-bond donors (Lipinski definition) is 1. The predicted octanol–water partition coefficient (Wildman–Crippen LogP) is 2.84. The lowest BCUT2D eigenvalue weighted by atomic mass is 10.1. The molecule has 2 rings (SSSR count). The Kier molecular flexibility index (Phi) is 5.01. The average Bonchev–Trinajstić information content (AvgIpc) is 2.50. The van der Waals surface area contributed by atoms with Crippen LogP contribution in [0, 0.1) is 0 Å². The van der Waals surface area contributed by atoms with Gasteiger partial charge in [0.1, 0.15) is 11.9 Å². The summed E-state index contributed by atoms with van der Waals surface area (Å²) in [5.41, 5.74) is 7.59. The van der Waals surface area contributed by atoms with Gasteiger partial charge < -0.3 is 15.4 Å². The second-order valence-corrected chi connectivity index (χ2v) is 5.26. The van der Waals surface area contributed by atoms with Crippen LogP contribution in [-0.2, 0) is 11.3 Å². The fraction of sp³-hybridized carbons (Fsp3) is 0.562. The van der Waals surface area contributed by atoms with E-state index in [0.717, 1.165) is 36.3 Å². The highest BCUT2D eigenvalue weighted by molar-refractivity contribution is 5.95. The summed E-state index contributed by atoms with van der Waals surface area (Å²) in [6, 6.07) is 5.87. The van der Waals surface area contributed by atoms with Gasteiger partial charge in [-0.25, -0.2) is 0 Å². The maximum Gasteiger partial charge on any atom is 0.227 e. The number of rotatable bonds is 5. The molecule has 0 fully saturated rings. The number of nitrogens with zero attached hydrogens (tertiary/aromatic N) is 1. The van der Waals surface area contributed by atoms with Crippen LogP contribution in [0.5, 0.6) is 5.75 Å². The number of anilines is 1. The molecule has 1 aromatic carbocycles. The molecule has 0 bridgehead atoms. The van der Waals surface area contributed by atoms with E-state index in [1.807, 2.05) is 23.1 Å². The van der Waals surface area contributed by atoms with Gasteiger partial charge in [0.2, 0.25) is 5.91 Å². The first-order valence-corrected chi connectivity index (χ1v) is 7.49. The van der Waals surface area contributed by atoms with Gasteiger partial charge in [-0.2, -0.15) is 0 Å². The molecule has 2 N–H and O–H groups in total. The standard InChI is InChI=1S/C16H24N2O2/c1-3-5-6-16(19)18-11-13(4-2)20-15-9-12(10-17)7-8-14(15)18/h7-9,13H,3-6,10-11,17H2,1-2H3. The third kappa shape index (κ3) is 3.12. The van der Waals surface area contributed by atoms with Crippen molar-refractivity contribution in [2.75, 3.05) is 11.4 Å². The van der Waals surface area contributed by atoms with Crippen molar-refractivity contribution in [3.63, 3.8) is 0 Å². The van der Waals surface area contributed by atoms with E-state index in [2.05, 4.69) is 13.8 Å². The lowest BCUT2D eigenvalue weighted by Gasteiger charge is -2.35. The molecule has 0 spiro atoms. The lowest BCUT2D eigenvalue weighted by molar-refractivity contribution is -0.119. The SMILES string of the molecule is CCCCC(=O)N1CC(CC)Oc2cc(CN)ccc21. The number of carbonyl (C=O) groups is 1. The van der Waals surface area contributed by atoms with Gasteiger partial charge in [-0.15, -0.1) is 0 Å². The van der Waals surface area contributed by atoms with Crippen molar-refractivity contribution in [1.82, 2.24) is 0 Å². The molecule has 0 radical (unpaired) electrons. The maximum atomic E-state index is 12.4. The minimum absolute atomic E-state index is 0.0705. The Labute approximate surface area is 120 Å². The van der Waals surface area contributed by atoms with Crippen molar-refractivity contribution >= 4 is 11.6 Å². The van der Waals surface area contributed by atoms with Crippen LogP contribution >= 0.6 is 0 Å². The number of unbranched alkanes of at least 4 members (excludes halogenated alkanes) is 1. The Balaban J connectivity index is 2.27. The normalized spacial score (nSPS) is 17.6. The fourth-order valence-electron chi connectivity index (χ4n) is 2.43. The molecule has 0 saturated heterocycles. The van der Waals surface area contributed by atoms with E-state index in [-0.39, 0.29) is 12.0 Å². The summed E-state index contributed by atoms with van der Waals surface area (Å²) in [6.45, 7) is 5.31. The largest absolute Gasteiger partial charge is 0.486 e. The summed E-state index contributed by atoms with van der Waals surface area (Å²) in [6.07, 6.45) is 3.53. The van der Waals surface area contributed by atoms with Crippen LogP contribution in [0.4, 0.5) is 5.69 Å². The summed E-state index contributed by atoms with van der Waals surface area (Å²) >= 11 is 0. The minimum atomic E-state index is 0.0705. The lowest BCUT2D eigenvalue weighted by Crippen LogP contribution is -2.43. The molecule has 0 aliphatic carbocycles. The highest BCUT2D eigenvalue weighted by Crippen LogP contribution is 2.35. The quantitative estimate of drug-likeness (QED) is 0.899. The van der Waals surface area contributed by atoms with Crippen molar-refractivity contribution in [1.29, 1.82) is 0 Å². The molecular formula is C16H24N2O2. The molecule has 1 aliphatic rings. The molecule has 4 heteroatoms. The van der Waals surface area contributed by atoms with Crippen LogP contribution in [0.25, 0.3) is 0 Å². The van der Waals surface area contributed by atoms with Crippen molar-refractivity contribution in [2.24, 2.45) is 5.73 Å². The van der Waals surface area contributed by atoms with Crippen LogP contribution in [-0.4, -0.2) is 18.6 Å². The summed E-state index contributed by atoms with van der Waals surface area (Å²) in [4.78, 5) is 14.3. The van der Waals surface area contributed by atoms with E-state index in [9.17, 15) is 4.79 Å². The van der Waals surface area contributed by atoms with E-state index in [4.69, 9.17) is 10.5 Å². The molecule has 110 valence electrons. The van der Waals surface area contributed by atoms with Crippen molar-refractivity contribution in [3.8, 4) is 5.75 Å². The zero-order valence-corrected chi connectivity index (χ0v) is 12.4. The Morgan fingerprint density at radius 2 is 2.25 bits per heavy atom. The first kappa shape index (κ1) is 14.9. The van der Waals surface area contributed by atoms with E-state index < -0.39 is 0 Å². The van der Waals surface area contributed by atoms with E-state index >= 15 is 0 Å². The number of hydrogen-bond acceptors (Lipinski definition) is 3. The molecule has 1 unspecified atom stereocenters. The van der Waals surface area contributed by atoms with E-state index in [0.29, 0.717) is 19.5 Å². The van der Waals surface area contributed by atoms with Crippen LogP contribution in [0.3, 0.4) is 0 Å². The number of nitrogens with two attached hydrogens (primary N) is 1. The number of carbonyl (C=O) groups excluding carboxylic acids is 1. The Morgan fingerprint density at radius 1 is 1.45 bits per heavy atom. The van der Waals surface area contributed by atoms with Gasteiger partial charge in [0, 0.05) is 13.0 Å². The topological polar surface area (TPSA) is 55.6 Å². The van der Waals surface area contributed by atoms with Crippen LogP contribution in [0.1, 0.15) is 45.1 Å². The fourth-order valence-corrected chi connectivity index (χ4v) is 2.43. The smallest absolute Gasteiger partial charge is 0.227 e. The molecule has 1 atom stereocenters. The van der Waals surface area contributed by atoms with Gasteiger partial charge in [-0.05, 0) is 30.5 Å². The van der Waals surface area contributed by atoms with Crippen LogP contribution < -0.4 is 15.4 Å². The van der Waals surface area contributed by atoms with Gasteiger partial charge >= 0.3 is 0 Å². The third-order valence-electron chi connectivity index (χ3n) is 3.73. The van der Waals surface area contributed by atoms with Crippen LogP contribution in [0.2, 0.25) is 0 Å². The molecule has 1 aromatic rings. The maximum absolute atomic E-state index is 12.4. The number of fused-ring (bicyclic) bond motifs is 1. The molecule has 1 aliphatic heterocycles. The van der Waals surface area contributed by atoms with Gasteiger partial charge in [-0.1, -0.05) is 26.3 Å². The van der Waals surface area contributed by atoms with Crippen LogP contribution in [0.15, 0.2) is 18.2 Å². The Morgan fingerprint density at radius 3 is 2.90 bits per heavy atom. The molecule has 0 aromatic heterocycles. The monoisotopic (exact) mass is 276 g/mol. The van der Waals surface area contributed by atoms with E-state index in [1.54, 1.807) is 0 Å². The number of ether oxygens (including phenoxy) is 1. The second kappa shape index (κ2) is 6.75.